The van der Waals surface area contributed by atoms with E-state index < -0.39 is 6.29 Å². The minimum atomic E-state index is -0.413. The molecular weight excluding hydrogens is 494 g/mol. The SMILES string of the molecule is COc1cc(C)cc(-c2nc(C(C)C)oc2C2=CC=NC(Nc3ccc(N4CCN(C(C)=O)CC4)nc3)N2)c1. The van der Waals surface area contributed by atoms with Crippen LogP contribution in [0.25, 0.3) is 17.0 Å². The van der Waals surface area contributed by atoms with Crippen molar-refractivity contribution in [2.24, 2.45) is 4.99 Å². The summed E-state index contributed by atoms with van der Waals surface area (Å²) in [4.78, 5) is 29.7. The first kappa shape index (κ1) is 26.3. The van der Waals surface area contributed by atoms with Crippen molar-refractivity contribution in [2.75, 3.05) is 43.5 Å². The molecule has 0 radical (unpaired) electrons. The van der Waals surface area contributed by atoms with Crippen LogP contribution < -0.4 is 20.3 Å². The van der Waals surface area contributed by atoms with Gasteiger partial charge in [0, 0.05) is 50.8 Å². The topological polar surface area (TPSA) is 108 Å². The number of aryl methyl sites for hydroxylation is 1. The van der Waals surface area contributed by atoms with Crippen LogP contribution in [-0.2, 0) is 4.79 Å². The first-order chi connectivity index (χ1) is 18.8. The maximum Gasteiger partial charge on any atom is 0.219 e. The highest BCUT2D eigenvalue weighted by atomic mass is 16.5. The van der Waals surface area contributed by atoms with Gasteiger partial charge in [-0.15, -0.1) is 0 Å². The summed E-state index contributed by atoms with van der Waals surface area (Å²) in [5.74, 6) is 3.24. The number of ether oxygens (including phenoxy) is 1. The zero-order valence-electron chi connectivity index (χ0n) is 23.1. The molecule has 204 valence electrons. The smallest absolute Gasteiger partial charge is 0.219 e. The second-order valence-corrected chi connectivity index (χ2v) is 10.1. The summed E-state index contributed by atoms with van der Waals surface area (Å²) >= 11 is 0. The molecule has 1 unspecified atom stereocenters. The van der Waals surface area contributed by atoms with E-state index in [1.165, 1.54) is 0 Å². The van der Waals surface area contributed by atoms with Crippen LogP contribution in [0.2, 0.25) is 0 Å². The Hall–Kier alpha value is -4.34. The number of nitrogens with zero attached hydrogens (tertiary/aromatic N) is 5. The fourth-order valence-corrected chi connectivity index (χ4v) is 4.68. The number of methoxy groups -OCH3 is 1. The van der Waals surface area contributed by atoms with Gasteiger partial charge in [-0.3, -0.25) is 4.79 Å². The van der Waals surface area contributed by atoms with Crippen molar-refractivity contribution in [3.63, 3.8) is 0 Å². The Balaban J connectivity index is 1.31. The van der Waals surface area contributed by atoms with E-state index in [1.54, 1.807) is 26.4 Å². The Labute approximate surface area is 228 Å². The lowest BCUT2D eigenvalue weighted by Crippen LogP contribution is -2.48. The lowest BCUT2D eigenvalue weighted by molar-refractivity contribution is -0.129. The Kier molecular flexibility index (Phi) is 7.53. The average Bonchev–Trinajstić information content (AvgIpc) is 3.40. The molecule has 2 N–H and O–H groups in total. The lowest BCUT2D eigenvalue weighted by atomic mass is 10.1. The van der Waals surface area contributed by atoms with Gasteiger partial charge in [0.1, 0.15) is 17.3 Å². The normalized spacial score (nSPS) is 17.2. The molecular formula is C29H35N7O3. The standard InChI is InChI=1S/C29H35N7O3/c1-18(2)28-34-26(21-14-19(3)15-23(16-21)38-5)27(39-28)24-8-9-30-29(33-24)32-22-6-7-25(31-17-22)36-12-10-35(11-13-36)20(4)37/h6-9,14-18,29,32-33H,10-13H2,1-5H3. The molecule has 4 heterocycles. The number of benzene rings is 1. The van der Waals surface area contributed by atoms with E-state index in [4.69, 9.17) is 14.1 Å². The molecule has 1 atom stereocenters. The molecule has 0 aliphatic carbocycles. The van der Waals surface area contributed by atoms with Crippen molar-refractivity contribution >= 4 is 29.3 Å². The van der Waals surface area contributed by atoms with Gasteiger partial charge >= 0.3 is 0 Å². The van der Waals surface area contributed by atoms with Crippen LogP contribution in [0.15, 0.2) is 52.0 Å². The molecule has 0 bridgehead atoms. The van der Waals surface area contributed by atoms with Crippen molar-refractivity contribution in [1.82, 2.24) is 20.2 Å². The third kappa shape index (κ3) is 5.89. The Bertz CT molecular complexity index is 1390. The highest BCUT2D eigenvalue weighted by Crippen LogP contribution is 2.34. The fourth-order valence-electron chi connectivity index (χ4n) is 4.68. The number of allylic oxidation sites excluding steroid dienone is 1. The van der Waals surface area contributed by atoms with Gasteiger partial charge in [-0.05, 0) is 48.9 Å². The molecule has 0 saturated carbocycles. The number of piperazine rings is 1. The number of anilines is 2. The first-order valence-corrected chi connectivity index (χ1v) is 13.2. The van der Waals surface area contributed by atoms with E-state index in [9.17, 15) is 4.79 Å². The first-order valence-electron chi connectivity index (χ1n) is 13.2. The molecule has 2 aliphatic rings. The summed E-state index contributed by atoms with van der Waals surface area (Å²) in [5.41, 5.74) is 4.37. The number of pyridine rings is 1. The number of aromatic nitrogens is 2. The van der Waals surface area contributed by atoms with Gasteiger partial charge in [0.15, 0.2) is 17.9 Å². The van der Waals surface area contributed by atoms with Crippen molar-refractivity contribution in [3.8, 4) is 17.0 Å². The number of rotatable bonds is 7. The van der Waals surface area contributed by atoms with Gasteiger partial charge in [-0.2, -0.15) is 0 Å². The average molecular weight is 530 g/mol. The van der Waals surface area contributed by atoms with Gasteiger partial charge in [0.05, 0.1) is 24.7 Å². The van der Waals surface area contributed by atoms with Crippen LogP contribution in [0.1, 0.15) is 43.9 Å². The Morgan fingerprint density at radius 3 is 2.64 bits per heavy atom. The maximum absolute atomic E-state index is 11.6. The summed E-state index contributed by atoms with van der Waals surface area (Å²) in [7, 11) is 1.66. The Morgan fingerprint density at radius 1 is 1.18 bits per heavy atom. The molecule has 1 aromatic carbocycles. The van der Waals surface area contributed by atoms with Gasteiger partial charge in [-0.1, -0.05) is 13.8 Å². The minimum absolute atomic E-state index is 0.118. The van der Waals surface area contributed by atoms with Crippen molar-refractivity contribution in [3.05, 3.63) is 59.8 Å². The molecule has 10 heteroatoms. The van der Waals surface area contributed by atoms with E-state index in [0.717, 1.165) is 52.9 Å². The predicted molar refractivity (Wildman–Crippen MR) is 153 cm³/mol. The van der Waals surface area contributed by atoms with Crippen LogP contribution in [0.4, 0.5) is 11.5 Å². The molecule has 10 nitrogen and oxygen atoms in total. The largest absolute Gasteiger partial charge is 0.497 e. The van der Waals surface area contributed by atoms with Crippen LogP contribution >= 0.6 is 0 Å². The number of aliphatic imine (C=N–C) groups is 1. The quantitative estimate of drug-likeness (QED) is 0.468. The third-order valence-corrected chi connectivity index (χ3v) is 6.81. The molecule has 39 heavy (non-hydrogen) atoms. The number of carbonyl (C=O) groups is 1. The number of hydrogen-bond acceptors (Lipinski definition) is 9. The van der Waals surface area contributed by atoms with E-state index in [2.05, 4.69) is 45.4 Å². The van der Waals surface area contributed by atoms with E-state index in [1.807, 2.05) is 42.2 Å². The van der Waals surface area contributed by atoms with Gasteiger partial charge in [0.2, 0.25) is 5.91 Å². The number of oxazole rings is 1. The number of carbonyl (C=O) groups excluding carboxylic acids is 1. The van der Waals surface area contributed by atoms with E-state index in [-0.39, 0.29) is 11.8 Å². The van der Waals surface area contributed by atoms with Crippen molar-refractivity contribution < 1.29 is 13.9 Å². The molecule has 2 aliphatic heterocycles. The fraction of sp³-hybridized carbons (Fsp3) is 0.379. The molecule has 3 aromatic rings. The zero-order chi connectivity index (χ0) is 27.5. The lowest BCUT2D eigenvalue weighted by Gasteiger charge is -2.35. The molecule has 2 aromatic heterocycles. The molecule has 5 rings (SSSR count). The second-order valence-electron chi connectivity index (χ2n) is 10.1. The summed E-state index contributed by atoms with van der Waals surface area (Å²) in [6.07, 6.45) is 5.04. The van der Waals surface area contributed by atoms with Crippen LogP contribution in [-0.4, -0.2) is 66.6 Å². The Morgan fingerprint density at radius 2 is 1.97 bits per heavy atom. The maximum atomic E-state index is 11.6. The van der Waals surface area contributed by atoms with Gasteiger partial charge < -0.3 is 29.6 Å². The van der Waals surface area contributed by atoms with Crippen molar-refractivity contribution in [1.29, 1.82) is 0 Å². The van der Waals surface area contributed by atoms with E-state index >= 15 is 0 Å². The molecule has 1 amide bonds. The number of nitrogens with one attached hydrogen (secondary N) is 2. The number of amides is 1. The minimum Gasteiger partial charge on any atom is -0.497 e. The van der Waals surface area contributed by atoms with Crippen LogP contribution in [0.5, 0.6) is 5.75 Å². The third-order valence-electron chi connectivity index (χ3n) is 6.81. The number of hydrogen-bond donors (Lipinski definition) is 2. The summed E-state index contributed by atoms with van der Waals surface area (Å²) in [5, 5.41) is 6.81. The highest BCUT2D eigenvalue weighted by molar-refractivity contribution is 5.88. The van der Waals surface area contributed by atoms with Gasteiger partial charge in [-0.25, -0.2) is 15.0 Å². The van der Waals surface area contributed by atoms with Crippen LogP contribution in [0.3, 0.4) is 0 Å². The van der Waals surface area contributed by atoms with Gasteiger partial charge in [0.25, 0.3) is 0 Å². The summed E-state index contributed by atoms with van der Waals surface area (Å²) < 4.78 is 11.8. The van der Waals surface area contributed by atoms with Crippen molar-refractivity contribution in [2.45, 2.75) is 39.9 Å². The second kappa shape index (κ2) is 11.2. The summed E-state index contributed by atoms with van der Waals surface area (Å²) in [6.45, 7) is 10.7. The summed E-state index contributed by atoms with van der Waals surface area (Å²) in [6, 6.07) is 10.0. The zero-order valence-corrected chi connectivity index (χ0v) is 23.1. The molecule has 1 fully saturated rings. The monoisotopic (exact) mass is 529 g/mol. The molecule has 1 saturated heterocycles. The molecule has 0 spiro atoms. The van der Waals surface area contributed by atoms with Crippen LogP contribution in [0, 0.1) is 6.92 Å². The van der Waals surface area contributed by atoms with E-state index in [0.29, 0.717) is 24.7 Å². The predicted octanol–water partition coefficient (Wildman–Crippen LogP) is 4.26. The highest BCUT2D eigenvalue weighted by Gasteiger charge is 2.24.